The summed E-state index contributed by atoms with van der Waals surface area (Å²) in [5, 5.41) is 1.07. The maximum absolute atomic E-state index is 6.29. The number of nitrogens with two attached hydrogens (primary N) is 2. The molecule has 0 radical (unpaired) electrons. The molecular formula is C14H16Cl2N2O2. The molecule has 20 heavy (non-hydrogen) atoms. The van der Waals surface area contributed by atoms with E-state index < -0.39 is 5.66 Å². The van der Waals surface area contributed by atoms with Crippen LogP contribution in [0.5, 0.6) is 5.75 Å². The molecule has 1 aliphatic rings. The topological polar surface area (TPSA) is 70.5 Å². The molecule has 4 nitrogen and oxygen atoms in total. The van der Waals surface area contributed by atoms with Crippen LogP contribution in [-0.2, 0) is 4.74 Å². The average Bonchev–Trinajstić information content (AvgIpc) is 2.39. The highest BCUT2D eigenvalue weighted by Gasteiger charge is 2.32. The maximum atomic E-state index is 6.29. The van der Waals surface area contributed by atoms with Crippen molar-refractivity contribution in [2.45, 2.75) is 11.6 Å². The lowest BCUT2D eigenvalue weighted by molar-refractivity contribution is 0.238. The fraction of sp³-hybridized carbons (Fsp3) is 0.286. The minimum absolute atomic E-state index is 0.269. The van der Waals surface area contributed by atoms with Crippen LogP contribution in [0.4, 0.5) is 0 Å². The van der Waals surface area contributed by atoms with Gasteiger partial charge in [0, 0.05) is 16.0 Å². The van der Waals surface area contributed by atoms with Gasteiger partial charge >= 0.3 is 0 Å². The molecule has 0 heterocycles. The maximum Gasteiger partial charge on any atom is 0.143 e. The molecule has 6 heteroatoms. The molecule has 4 N–H and O–H groups in total. The molecule has 0 saturated carbocycles. The van der Waals surface area contributed by atoms with Crippen LogP contribution in [0.1, 0.15) is 11.5 Å². The Kier molecular flexibility index (Phi) is 4.30. The van der Waals surface area contributed by atoms with Crippen LogP contribution in [0.15, 0.2) is 41.1 Å². The second-order valence-electron chi connectivity index (χ2n) is 4.56. The summed E-state index contributed by atoms with van der Waals surface area (Å²) < 4.78 is 10.4. The highest BCUT2D eigenvalue weighted by molar-refractivity contribution is 6.33. The third-order valence-electron chi connectivity index (χ3n) is 3.18. The van der Waals surface area contributed by atoms with Crippen LogP contribution in [-0.4, -0.2) is 19.9 Å². The summed E-state index contributed by atoms with van der Waals surface area (Å²) in [6.45, 7) is 0. The van der Waals surface area contributed by atoms with Gasteiger partial charge in [-0.05, 0) is 35.9 Å². The van der Waals surface area contributed by atoms with Crippen LogP contribution in [0.3, 0.4) is 0 Å². The largest absolute Gasteiger partial charge is 0.498 e. The van der Waals surface area contributed by atoms with E-state index in [1.165, 1.54) is 7.11 Å². The number of ether oxygens (including phenoxy) is 2. The molecule has 1 aromatic carbocycles. The fourth-order valence-corrected chi connectivity index (χ4v) is 2.73. The van der Waals surface area contributed by atoms with E-state index in [4.69, 9.17) is 44.1 Å². The minimum Gasteiger partial charge on any atom is -0.498 e. The monoisotopic (exact) mass is 314 g/mol. The van der Waals surface area contributed by atoms with E-state index in [2.05, 4.69) is 0 Å². The van der Waals surface area contributed by atoms with Gasteiger partial charge in [0.2, 0.25) is 0 Å². The van der Waals surface area contributed by atoms with Gasteiger partial charge in [-0.2, -0.15) is 0 Å². The van der Waals surface area contributed by atoms with Crippen molar-refractivity contribution < 1.29 is 9.47 Å². The Morgan fingerprint density at radius 1 is 1.15 bits per heavy atom. The Morgan fingerprint density at radius 2 is 1.85 bits per heavy atom. The standard InChI is InChI=1S/C14H16Cl2N2O2/c1-19-8-3-4-11(15)9(5-8)10-6-13(20-2)14(17,18)7-12(10)16/h3-7,10H,17-18H2,1-2H3. The Hall–Kier alpha value is -1.20. The van der Waals surface area contributed by atoms with Crippen molar-refractivity contribution >= 4 is 23.2 Å². The third kappa shape index (κ3) is 2.79. The third-order valence-corrected chi connectivity index (χ3v) is 3.87. The van der Waals surface area contributed by atoms with Crippen LogP contribution in [0, 0.1) is 0 Å². The number of methoxy groups -OCH3 is 2. The number of rotatable bonds is 3. The van der Waals surface area contributed by atoms with Crippen molar-refractivity contribution in [1.82, 2.24) is 0 Å². The molecule has 1 atom stereocenters. The lowest BCUT2D eigenvalue weighted by Gasteiger charge is -2.30. The Bertz CT molecular complexity index is 583. The molecule has 0 amide bonds. The molecule has 0 fully saturated rings. The van der Waals surface area contributed by atoms with Gasteiger partial charge < -0.3 is 20.9 Å². The van der Waals surface area contributed by atoms with Crippen LogP contribution in [0.25, 0.3) is 0 Å². The van der Waals surface area contributed by atoms with E-state index in [0.29, 0.717) is 21.6 Å². The molecule has 108 valence electrons. The minimum atomic E-state index is -1.21. The number of halogens is 2. The zero-order chi connectivity index (χ0) is 14.9. The van der Waals surface area contributed by atoms with Gasteiger partial charge in [0.05, 0.1) is 14.2 Å². The summed E-state index contributed by atoms with van der Waals surface area (Å²) >= 11 is 12.5. The second-order valence-corrected chi connectivity index (χ2v) is 5.41. The van der Waals surface area contributed by atoms with Crippen molar-refractivity contribution in [2.75, 3.05) is 14.2 Å². The van der Waals surface area contributed by atoms with Crippen molar-refractivity contribution in [1.29, 1.82) is 0 Å². The Morgan fingerprint density at radius 3 is 2.45 bits per heavy atom. The number of allylic oxidation sites excluding steroid dienone is 2. The van der Waals surface area contributed by atoms with Crippen LogP contribution < -0.4 is 16.2 Å². The Balaban J connectivity index is 2.50. The first-order valence-electron chi connectivity index (χ1n) is 5.94. The van der Waals surface area contributed by atoms with Gasteiger partial charge in [-0.15, -0.1) is 0 Å². The summed E-state index contributed by atoms with van der Waals surface area (Å²) in [6, 6.07) is 5.36. The summed E-state index contributed by atoms with van der Waals surface area (Å²) in [4.78, 5) is 0. The van der Waals surface area contributed by atoms with E-state index >= 15 is 0 Å². The first-order chi connectivity index (χ1) is 9.39. The van der Waals surface area contributed by atoms with E-state index in [1.54, 1.807) is 31.4 Å². The predicted molar refractivity (Wildman–Crippen MR) is 80.9 cm³/mol. The quantitative estimate of drug-likeness (QED) is 0.842. The summed E-state index contributed by atoms with van der Waals surface area (Å²) in [6.07, 6.45) is 3.33. The molecule has 1 aromatic rings. The molecule has 0 bridgehead atoms. The molecule has 0 aromatic heterocycles. The van der Waals surface area contributed by atoms with Gasteiger partial charge in [0.1, 0.15) is 17.2 Å². The average molecular weight is 315 g/mol. The molecular weight excluding hydrogens is 299 g/mol. The van der Waals surface area contributed by atoms with E-state index in [1.807, 2.05) is 6.07 Å². The molecule has 1 unspecified atom stereocenters. The molecule has 1 aliphatic carbocycles. The number of hydrogen-bond donors (Lipinski definition) is 2. The SMILES string of the molecule is COC1=CC(c2cc(OC)ccc2Cl)C(Cl)=CC1(N)N. The van der Waals surface area contributed by atoms with Crippen molar-refractivity contribution in [3.05, 3.63) is 51.7 Å². The van der Waals surface area contributed by atoms with Crippen molar-refractivity contribution in [3.8, 4) is 5.75 Å². The molecule has 0 spiro atoms. The van der Waals surface area contributed by atoms with E-state index in [-0.39, 0.29) is 5.92 Å². The van der Waals surface area contributed by atoms with Gasteiger partial charge in [0.15, 0.2) is 0 Å². The first-order valence-corrected chi connectivity index (χ1v) is 6.70. The summed E-state index contributed by atoms with van der Waals surface area (Å²) in [5.41, 5.74) is 11.4. The van der Waals surface area contributed by atoms with Gasteiger partial charge in [-0.1, -0.05) is 23.2 Å². The molecule has 2 rings (SSSR count). The zero-order valence-electron chi connectivity index (χ0n) is 11.2. The number of hydrogen-bond acceptors (Lipinski definition) is 4. The fourth-order valence-electron chi connectivity index (χ4n) is 2.13. The lowest BCUT2D eigenvalue weighted by atomic mass is 9.89. The van der Waals surface area contributed by atoms with Gasteiger partial charge in [-0.25, -0.2) is 0 Å². The van der Waals surface area contributed by atoms with E-state index in [9.17, 15) is 0 Å². The normalized spacial score (nSPS) is 21.0. The van der Waals surface area contributed by atoms with E-state index in [0.717, 1.165) is 5.56 Å². The van der Waals surface area contributed by atoms with Crippen LogP contribution in [0.2, 0.25) is 5.02 Å². The van der Waals surface area contributed by atoms with Gasteiger partial charge in [0.25, 0.3) is 0 Å². The molecule has 0 saturated heterocycles. The van der Waals surface area contributed by atoms with Crippen LogP contribution >= 0.6 is 23.2 Å². The highest BCUT2D eigenvalue weighted by atomic mass is 35.5. The van der Waals surface area contributed by atoms with Crippen molar-refractivity contribution in [3.63, 3.8) is 0 Å². The summed E-state index contributed by atoms with van der Waals surface area (Å²) in [5.74, 6) is 0.860. The highest BCUT2D eigenvalue weighted by Crippen LogP contribution is 2.40. The lowest BCUT2D eigenvalue weighted by Crippen LogP contribution is -2.51. The molecule has 0 aliphatic heterocycles. The smallest absolute Gasteiger partial charge is 0.143 e. The zero-order valence-corrected chi connectivity index (χ0v) is 12.7. The second kappa shape index (κ2) is 5.66. The number of benzene rings is 1. The van der Waals surface area contributed by atoms with Crippen molar-refractivity contribution in [2.24, 2.45) is 11.5 Å². The summed E-state index contributed by atoms with van der Waals surface area (Å²) in [7, 11) is 3.10. The first kappa shape index (κ1) is 15.2. The Labute approximate surface area is 127 Å². The predicted octanol–water partition coefficient (Wildman–Crippen LogP) is 2.71. The van der Waals surface area contributed by atoms with Gasteiger partial charge in [-0.3, -0.25) is 0 Å².